The van der Waals surface area contributed by atoms with E-state index in [1.165, 1.54) is 11.1 Å². The molecule has 0 aliphatic carbocycles. The van der Waals surface area contributed by atoms with Gasteiger partial charge in [-0.1, -0.05) is 6.07 Å². The van der Waals surface area contributed by atoms with E-state index in [2.05, 4.69) is 27.0 Å². The minimum atomic E-state index is 0.309. The van der Waals surface area contributed by atoms with Crippen LogP contribution in [-0.4, -0.2) is 33.2 Å². The van der Waals surface area contributed by atoms with Gasteiger partial charge in [0.15, 0.2) is 17.3 Å². The lowest BCUT2D eigenvalue weighted by atomic mass is 10.1. The number of nitrogens with zero attached hydrogens (tertiary/aromatic N) is 4. The van der Waals surface area contributed by atoms with E-state index in [-0.39, 0.29) is 0 Å². The number of aromatic nitrogens is 3. The zero-order valence-corrected chi connectivity index (χ0v) is 14.3. The van der Waals surface area contributed by atoms with Crippen LogP contribution < -0.4 is 9.47 Å². The highest BCUT2D eigenvalue weighted by Crippen LogP contribution is 2.33. The quantitative estimate of drug-likeness (QED) is 0.727. The molecule has 26 heavy (non-hydrogen) atoms. The average Bonchev–Trinajstić information content (AvgIpc) is 3.16. The van der Waals surface area contributed by atoms with E-state index in [0.717, 1.165) is 54.6 Å². The molecule has 4 heterocycles. The molecule has 0 radical (unpaired) electrons. The molecule has 0 saturated carbocycles. The van der Waals surface area contributed by atoms with Crippen LogP contribution in [0.4, 0.5) is 0 Å². The number of benzene rings is 1. The largest absolute Gasteiger partial charge is 0.454 e. The van der Waals surface area contributed by atoms with E-state index in [9.17, 15) is 0 Å². The third-order valence-electron chi connectivity index (χ3n) is 4.79. The minimum Gasteiger partial charge on any atom is -0.454 e. The summed E-state index contributed by atoms with van der Waals surface area (Å²) in [5.41, 5.74) is 4.51. The van der Waals surface area contributed by atoms with Crippen LogP contribution in [0.3, 0.4) is 0 Å². The monoisotopic (exact) mass is 346 g/mol. The van der Waals surface area contributed by atoms with Crippen molar-refractivity contribution in [1.82, 2.24) is 19.9 Å². The first kappa shape index (κ1) is 15.3. The van der Waals surface area contributed by atoms with Gasteiger partial charge in [0.25, 0.3) is 0 Å². The highest BCUT2D eigenvalue weighted by molar-refractivity contribution is 5.53. The second-order valence-electron chi connectivity index (χ2n) is 6.56. The van der Waals surface area contributed by atoms with Crippen molar-refractivity contribution in [3.05, 3.63) is 65.7 Å². The molecule has 2 aliphatic rings. The van der Waals surface area contributed by atoms with Gasteiger partial charge >= 0.3 is 0 Å². The molecule has 0 spiro atoms. The summed E-state index contributed by atoms with van der Waals surface area (Å²) in [5.74, 6) is 2.40. The zero-order valence-electron chi connectivity index (χ0n) is 14.3. The predicted octanol–water partition coefficient (Wildman–Crippen LogP) is 2.83. The number of pyridine rings is 1. The summed E-state index contributed by atoms with van der Waals surface area (Å²) in [6.45, 7) is 2.99. The van der Waals surface area contributed by atoms with Crippen LogP contribution in [0.5, 0.6) is 11.5 Å². The Morgan fingerprint density at radius 2 is 2.04 bits per heavy atom. The van der Waals surface area contributed by atoms with Gasteiger partial charge in [-0.05, 0) is 41.8 Å². The topological polar surface area (TPSA) is 60.4 Å². The van der Waals surface area contributed by atoms with Gasteiger partial charge in [0, 0.05) is 43.8 Å². The van der Waals surface area contributed by atoms with E-state index < -0.39 is 0 Å². The molecule has 6 heteroatoms. The summed E-state index contributed by atoms with van der Waals surface area (Å²) >= 11 is 0. The van der Waals surface area contributed by atoms with Gasteiger partial charge in [-0.3, -0.25) is 9.88 Å². The highest BCUT2D eigenvalue weighted by atomic mass is 16.7. The molecule has 0 amide bonds. The second-order valence-corrected chi connectivity index (χ2v) is 6.56. The molecule has 0 N–H and O–H groups in total. The SMILES string of the molecule is c1cncc(-c2ncc3c(n2)CN(Cc2ccc4c(c2)OCO4)CC3)c1. The normalized spacial score (nSPS) is 15.7. The molecular formula is C20H18N4O2. The summed E-state index contributed by atoms with van der Waals surface area (Å²) in [6.07, 6.45) is 6.49. The van der Waals surface area contributed by atoms with Gasteiger partial charge in [0.1, 0.15) is 0 Å². The average molecular weight is 346 g/mol. The summed E-state index contributed by atoms with van der Waals surface area (Å²) in [6, 6.07) is 10.0. The minimum absolute atomic E-state index is 0.309. The van der Waals surface area contributed by atoms with Gasteiger partial charge in [-0.2, -0.15) is 0 Å². The Morgan fingerprint density at radius 1 is 1.08 bits per heavy atom. The number of fused-ring (bicyclic) bond motifs is 2. The molecule has 1 aromatic carbocycles. The molecule has 5 rings (SSSR count). The summed E-state index contributed by atoms with van der Waals surface area (Å²) in [7, 11) is 0. The van der Waals surface area contributed by atoms with Crippen molar-refractivity contribution in [2.45, 2.75) is 19.5 Å². The molecule has 0 saturated heterocycles. The van der Waals surface area contributed by atoms with Crippen molar-refractivity contribution in [2.24, 2.45) is 0 Å². The first-order chi connectivity index (χ1) is 12.8. The van der Waals surface area contributed by atoms with Crippen molar-refractivity contribution in [3.63, 3.8) is 0 Å². The van der Waals surface area contributed by atoms with Gasteiger partial charge in [0.2, 0.25) is 6.79 Å². The van der Waals surface area contributed by atoms with Crippen LogP contribution in [0.2, 0.25) is 0 Å². The van der Waals surface area contributed by atoms with Crippen LogP contribution in [0.25, 0.3) is 11.4 Å². The number of ether oxygens (including phenoxy) is 2. The van der Waals surface area contributed by atoms with E-state index >= 15 is 0 Å². The lowest BCUT2D eigenvalue weighted by Crippen LogP contribution is -2.31. The van der Waals surface area contributed by atoms with Crippen LogP contribution in [-0.2, 0) is 19.5 Å². The predicted molar refractivity (Wildman–Crippen MR) is 95.6 cm³/mol. The second kappa shape index (κ2) is 6.38. The van der Waals surface area contributed by atoms with Crippen molar-refractivity contribution in [1.29, 1.82) is 0 Å². The summed E-state index contributed by atoms with van der Waals surface area (Å²) in [4.78, 5) is 15.9. The first-order valence-corrected chi connectivity index (χ1v) is 8.71. The Bertz CT molecular complexity index is 946. The molecular weight excluding hydrogens is 328 g/mol. The van der Waals surface area contributed by atoms with Crippen molar-refractivity contribution in [3.8, 4) is 22.9 Å². The zero-order chi connectivity index (χ0) is 17.3. The van der Waals surface area contributed by atoms with Crippen LogP contribution in [0.1, 0.15) is 16.8 Å². The van der Waals surface area contributed by atoms with E-state index in [4.69, 9.17) is 14.5 Å². The Balaban J connectivity index is 1.36. The molecule has 6 nitrogen and oxygen atoms in total. The molecule has 0 unspecified atom stereocenters. The molecule has 0 bridgehead atoms. The van der Waals surface area contributed by atoms with Crippen molar-refractivity contribution >= 4 is 0 Å². The van der Waals surface area contributed by atoms with Gasteiger partial charge in [0.05, 0.1) is 5.69 Å². The molecule has 2 aliphatic heterocycles. The van der Waals surface area contributed by atoms with Crippen LogP contribution in [0.15, 0.2) is 48.9 Å². The fraction of sp³-hybridized carbons (Fsp3) is 0.250. The number of rotatable bonds is 3. The first-order valence-electron chi connectivity index (χ1n) is 8.71. The standard InChI is InChI=1S/C20H18N4O2/c1-2-16(9-21-6-1)20-22-10-15-5-7-24(12-17(15)23-20)11-14-3-4-18-19(8-14)26-13-25-18/h1-4,6,8-10H,5,7,11-13H2. The lowest BCUT2D eigenvalue weighted by molar-refractivity contribution is 0.174. The third-order valence-corrected chi connectivity index (χ3v) is 4.79. The van der Waals surface area contributed by atoms with Gasteiger partial charge < -0.3 is 9.47 Å². The fourth-order valence-electron chi connectivity index (χ4n) is 3.42. The molecule has 130 valence electrons. The maximum Gasteiger partial charge on any atom is 0.231 e. The maximum absolute atomic E-state index is 5.48. The smallest absolute Gasteiger partial charge is 0.231 e. The van der Waals surface area contributed by atoms with Crippen molar-refractivity contribution in [2.75, 3.05) is 13.3 Å². The molecule has 0 fully saturated rings. The summed E-state index contributed by atoms with van der Waals surface area (Å²) < 4.78 is 10.9. The molecule has 3 aromatic rings. The third kappa shape index (κ3) is 2.88. The van der Waals surface area contributed by atoms with E-state index in [0.29, 0.717) is 6.79 Å². The van der Waals surface area contributed by atoms with Gasteiger partial charge in [-0.15, -0.1) is 0 Å². The summed E-state index contributed by atoms with van der Waals surface area (Å²) in [5, 5.41) is 0. The molecule has 0 atom stereocenters. The van der Waals surface area contributed by atoms with E-state index in [1.807, 2.05) is 24.4 Å². The Hall–Kier alpha value is -2.99. The molecule has 2 aromatic heterocycles. The lowest BCUT2D eigenvalue weighted by Gasteiger charge is -2.28. The number of hydrogen-bond donors (Lipinski definition) is 0. The Kier molecular flexibility index (Phi) is 3.75. The van der Waals surface area contributed by atoms with E-state index in [1.54, 1.807) is 12.4 Å². The van der Waals surface area contributed by atoms with Crippen molar-refractivity contribution < 1.29 is 9.47 Å². The van der Waals surface area contributed by atoms with Gasteiger partial charge in [-0.25, -0.2) is 9.97 Å². The Morgan fingerprint density at radius 3 is 2.96 bits per heavy atom. The van der Waals surface area contributed by atoms with Crippen LogP contribution in [0, 0.1) is 0 Å². The maximum atomic E-state index is 5.48. The van der Waals surface area contributed by atoms with Crippen LogP contribution >= 0.6 is 0 Å². The fourth-order valence-corrected chi connectivity index (χ4v) is 3.42. The Labute approximate surface area is 151 Å². The highest BCUT2D eigenvalue weighted by Gasteiger charge is 2.20. The number of hydrogen-bond acceptors (Lipinski definition) is 6.